The number of aromatic nitrogens is 1. The van der Waals surface area contributed by atoms with Crippen LogP contribution in [0.5, 0.6) is 0 Å². The monoisotopic (exact) mass is 260 g/mol. The van der Waals surface area contributed by atoms with Crippen molar-refractivity contribution in [2.24, 2.45) is 5.16 Å². The first-order valence-electron chi connectivity index (χ1n) is 6.11. The molecule has 1 heterocycles. The highest BCUT2D eigenvalue weighted by atomic mass is 16.5. The molecular formula is C14H16N2O3. The van der Waals surface area contributed by atoms with Gasteiger partial charge in [0.15, 0.2) is 5.71 Å². The van der Waals surface area contributed by atoms with Crippen LogP contribution in [-0.4, -0.2) is 28.5 Å². The van der Waals surface area contributed by atoms with Crippen molar-refractivity contribution < 1.29 is 14.7 Å². The minimum absolute atomic E-state index is 0.00898. The van der Waals surface area contributed by atoms with Crippen LogP contribution in [0.1, 0.15) is 18.2 Å². The summed E-state index contributed by atoms with van der Waals surface area (Å²) in [6.45, 7) is 3.89. The van der Waals surface area contributed by atoms with E-state index >= 15 is 0 Å². The van der Waals surface area contributed by atoms with Crippen LogP contribution in [0.2, 0.25) is 0 Å². The zero-order valence-corrected chi connectivity index (χ0v) is 10.9. The molecule has 5 heteroatoms. The Labute approximate surface area is 110 Å². The number of oxime groups is 1. The predicted molar refractivity (Wildman–Crippen MR) is 72.6 cm³/mol. The lowest BCUT2D eigenvalue weighted by molar-refractivity contribution is -0.135. The number of rotatable bonds is 4. The van der Waals surface area contributed by atoms with Crippen molar-refractivity contribution in [3.8, 4) is 0 Å². The van der Waals surface area contributed by atoms with E-state index < -0.39 is 5.97 Å². The number of benzene rings is 1. The lowest BCUT2D eigenvalue weighted by atomic mass is 10.0. The molecular weight excluding hydrogens is 244 g/mol. The van der Waals surface area contributed by atoms with Gasteiger partial charge in [0, 0.05) is 23.0 Å². The van der Waals surface area contributed by atoms with Gasteiger partial charge in [-0.15, -0.1) is 0 Å². The number of esters is 1. The molecule has 0 amide bonds. The van der Waals surface area contributed by atoms with Gasteiger partial charge in [-0.05, 0) is 25.5 Å². The summed E-state index contributed by atoms with van der Waals surface area (Å²) in [5, 5.41) is 13.0. The topological polar surface area (TPSA) is 74.7 Å². The van der Waals surface area contributed by atoms with E-state index in [-0.39, 0.29) is 18.7 Å². The average molecular weight is 260 g/mol. The van der Waals surface area contributed by atoms with E-state index in [0.29, 0.717) is 0 Å². The molecule has 0 saturated carbocycles. The number of H-pyrrole nitrogens is 1. The van der Waals surface area contributed by atoms with E-state index in [2.05, 4.69) is 10.1 Å². The largest absolute Gasteiger partial charge is 0.461 e. The molecule has 0 saturated heterocycles. The zero-order valence-electron chi connectivity index (χ0n) is 10.9. The van der Waals surface area contributed by atoms with Crippen LogP contribution in [0.25, 0.3) is 10.9 Å². The summed E-state index contributed by atoms with van der Waals surface area (Å²) in [7, 11) is 0. The third-order valence-corrected chi connectivity index (χ3v) is 3.00. The highest BCUT2D eigenvalue weighted by Gasteiger charge is 2.18. The summed E-state index contributed by atoms with van der Waals surface area (Å²) < 4.78 is 4.86. The minimum Gasteiger partial charge on any atom is -0.461 e. The highest BCUT2D eigenvalue weighted by Crippen LogP contribution is 2.22. The van der Waals surface area contributed by atoms with Crippen molar-refractivity contribution in [3.05, 3.63) is 35.5 Å². The second kappa shape index (κ2) is 5.56. The fourth-order valence-electron chi connectivity index (χ4n) is 2.09. The molecule has 2 rings (SSSR count). The molecule has 0 radical (unpaired) electrons. The number of ether oxygens (including phenoxy) is 1. The maximum Gasteiger partial charge on any atom is 0.356 e. The number of carbonyl (C=O) groups excluding carboxylic acids is 1. The number of nitrogens with one attached hydrogen (secondary N) is 1. The number of aryl methyl sites for hydroxylation is 1. The zero-order chi connectivity index (χ0) is 13.8. The average Bonchev–Trinajstić information content (AvgIpc) is 2.72. The van der Waals surface area contributed by atoms with Crippen molar-refractivity contribution in [2.75, 3.05) is 6.61 Å². The molecule has 0 aliphatic rings. The Balaban J connectivity index is 2.35. The molecule has 1 aromatic carbocycles. The van der Waals surface area contributed by atoms with Gasteiger partial charge < -0.3 is 14.9 Å². The Morgan fingerprint density at radius 2 is 2.16 bits per heavy atom. The molecule has 0 spiro atoms. The summed E-state index contributed by atoms with van der Waals surface area (Å²) in [6.07, 6.45) is 0.241. The van der Waals surface area contributed by atoms with E-state index in [9.17, 15) is 4.79 Å². The molecule has 0 fully saturated rings. The van der Waals surface area contributed by atoms with E-state index in [1.54, 1.807) is 6.92 Å². The first-order valence-corrected chi connectivity index (χ1v) is 6.11. The first kappa shape index (κ1) is 13.1. The van der Waals surface area contributed by atoms with Crippen LogP contribution < -0.4 is 0 Å². The van der Waals surface area contributed by atoms with Crippen LogP contribution in [-0.2, 0) is 16.0 Å². The molecule has 0 aliphatic heterocycles. The smallest absolute Gasteiger partial charge is 0.356 e. The Morgan fingerprint density at radius 1 is 1.42 bits per heavy atom. The lowest BCUT2D eigenvalue weighted by Crippen LogP contribution is -2.20. The number of hydrogen-bond acceptors (Lipinski definition) is 4. The molecule has 0 unspecified atom stereocenters. The van der Waals surface area contributed by atoms with Crippen LogP contribution in [0, 0.1) is 6.92 Å². The molecule has 0 atom stereocenters. The standard InChI is InChI=1S/C14H16N2O3/c1-3-19-14(17)13(16-18)8-11-9(2)15-12-7-5-4-6-10(11)12/h4-7,15,18H,3,8H2,1-2H3. The molecule has 0 aliphatic carbocycles. The molecule has 2 aromatic rings. The summed E-state index contributed by atoms with van der Waals surface area (Å²) in [4.78, 5) is 14.9. The van der Waals surface area contributed by atoms with Crippen LogP contribution in [0.3, 0.4) is 0 Å². The quantitative estimate of drug-likeness (QED) is 0.383. The van der Waals surface area contributed by atoms with Crippen molar-refractivity contribution >= 4 is 22.6 Å². The molecule has 1 aromatic heterocycles. The summed E-state index contributed by atoms with van der Waals surface area (Å²) in [5.74, 6) is -0.588. The second-order valence-electron chi connectivity index (χ2n) is 4.22. The van der Waals surface area contributed by atoms with Gasteiger partial charge in [0.25, 0.3) is 0 Å². The summed E-state index contributed by atoms with van der Waals surface area (Å²) in [6, 6.07) is 7.80. The number of para-hydroxylation sites is 1. The first-order chi connectivity index (χ1) is 9.17. The normalized spacial score (nSPS) is 11.8. The second-order valence-corrected chi connectivity index (χ2v) is 4.22. The summed E-state index contributed by atoms with van der Waals surface area (Å²) in [5.41, 5.74) is 2.90. The van der Waals surface area contributed by atoms with E-state index in [1.165, 1.54) is 0 Å². The number of carbonyl (C=O) groups is 1. The van der Waals surface area contributed by atoms with Crippen molar-refractivity contribution in [2.45, 2.75) is 20.3 Å². The van der Waals surface area contributed by atoms with Crippen LogP contribution in [0.4, 0.5) is 0 Å². The van der Waals surface area contributed by atoms with E-state index in [4.69, 9.17) is 9.94 Å². The Morgan fingerprint density at radius 3 is 2.84 bits per heavy atom. The molecule has 0 bridgehead atoms. The van der Waals surface area contributed by atoms with Gasteiger partial charge in [0.05, 0.1) is 6.61 Å². The fraction of sp³-hybridized carbons (Fsp3) is 0.286. The Bertz CT molecular complexity index is 629. The van der Waals surface area contributed by atoms with Crippen LogP contribution >= 0.6 is 0 Å². The maximum atomic E-state index is 11.6. The van der Waals surface area contributed by atoms with Gasteiger partial charge in [0.1, 0.15) is 0 Å². The minimum atomic E-state index is -0.588. The van der Waals surface area contributed by atoms with Gasteiger partial charge in [-0.25, -0.2) is 4.79 Å². The van der Waals surface area contributed by atoms with Gasteiger partial charge in [-0.2, -0.15) is 0 Å². The highest BCUT2D eigenvalue weighted by molar-refractivity contribution is 6.37. The number of nitrogens with zero attached hydrogens (tertiary/aromatic N) is 1. The molecule has 5 nitrogen and oxygen atoms in total. The Hall–Kier alpha value is -2.30. The van der Waals surface area contributed by atoms with Gasteiger partial charge in [-0.3, -0.25) is 0 Å². The summed E-state index contributed by atoms with van der Waals surface area (Å²) >= 11 is 0. The SMILES string of the molecule is CCOC(=O)C(Cc1c(C)[nH]c2ccccc12)=NO. The lowest BCUT2D eigenvalue weighted by Gasteiger charge is -2.04. The van der Waals surface area contributed by atoms with Crippen molar-refractivity contribution in [1.82, 2.24) is 4.98 Å². The Kier molecular flexibility index (Phi) is 3.85. The van der Waals surface area contributed by atoms with E-state index in [0.717, 1.165) is 22.2 Å². The number of fused-ring (bicyclic) bond motifs is 1. The number of hydrogen-bond donors (Lipinski definition) is 2. The predicted octanol–water partition coefficient (Wildman–Crippen LogP) is 2.41. The van der Waals surface area contributed by atoms with Crippen molar-refractivity contribution in [1.29, 1.82) is 0 Å². The molecule has 19 heavy (non-hydrogen) atoms. The molecule has 2 N–H and O–H groups in total. The van der Waals surface area contributed by atoms with Gasteiger partial charge in [-0.1, -0.05) is 23.4 Å². The van der Waals surface area contributed by atoms with Gasteiger partial charge in [0.2, 0.25) is 0 Å². The molecule has 100 valence electrons. The van der Waals surface area contributed by atoms with Gasteiger partial charge >= 0.3 is 5.97 Å². The van der Waals surface area contributed by atoms with Crippen molar-refractivity contribution in [3.63, 3.8) is 0 Å². The third-order valence-electron chi connectivity index (χ3n) is 3.00. The number of aromatic amines is 1. The third kappa shape index (κ3) is 2.59. The van der Waals surface area contributed by atoms with E-state index in [1.807, 2.05) is 31.2 Å². The maximum absolute atomic E-state index is 11.6. The fourth-order valence-corrected chi connectivity index (χ4v) is 2.09. The van der Waals surface area contributed by atoms with Crippen LogP contribution in [0.15, 0.2) is 29.4 Å².